The molecule has 2 N–H and O–H groups in total. The predicted molar refractivity (Wildman–Crippen MR) is 130 cm³/mol. The normalized spacial score (nSPS) is 16.7. The third kappa shape index (κ3) is 5.56. The number of aliphatic hydroxyl groups is 1. The molecule has 4 rings (SSSR count). The number of hydrogen-bond acceptors (Lipinski definition) is 4. The van der Waals surface area contributed by atoms with Gasteiger partial charge in [0.15, 0.2) is 5.78 Å². The van der Waals surface area contributed by atoms with E-state index in [1.807, 2.05) is 60.7 Å². The van der Waals surface area contributed by atoms with Gasteiger partial charge < -0.3 is 10.4 Å². The summed E-state index contributed by atoms with van der Waals surface area (Å²) >= 11 is 0. The third-order valence-corrected chi connectivity index (χ3v) is 6.43. The Morgan fingerprint density at radius 3 is 2.09 bits per heavy atom. The first-order valence-electron chi connectivity index (χ1n) is 11.5. The van der Waals surface area contributed by atoms with E-state index in [1.54, 1.807) is 24.3 Å². The minimum atomic E-state index is -0.494. The number of aliphatic hydroxyl groups excluding tert-OH is 1. The van der Waals surface area contributed by atoms with Crippen molar-refractivity contribution >= 4 is 17.4 Å². The highest BCUT2D eigenvalue weighted by Crippen LogP contribution is 2.34. The summed E-state index contributed by atoms with van der Waals surface area (Å²) in [7, 11) is 0. The smallest absolute Gasteiger partial charge is 0.246 e. The van der Waals surface area contributed by atoms with Crippen LogP contribution in [-0.2, 0) is 4.79 Å². The Hall–Kier alpha value is -3.28. The first kappa shape index (κ1) is 22.9. The number of carbonyl (C=O) groups excluding carboxylic acids is 2. The number of benzene rings is 3. The summed E-state index contributed by atoms with van der Waals surface area (Å²) in [5, 5.41) is 13.8. The van der Waals surface area contributed by atoms with Crippen molar-refractivity contribution in [2.24, 2.45) is 5.92 Å². The van der Waals surface area contributed by atoms with Gasteiger partial charge in [0.05, 0.1) is 6.10 Å². The SMILES string of the molecule is CC(=O)c1cccc(NC(=O)C(c2ccccc2)N2CCC(C(O)c3ccccc3)CC2)c1. The van der Waals surface area contributed by atoms with E-state index >= 15 is 0 Å². The Bertz CT molecular complexity index is 1080. The van der Waals surface area contributed by atoms with Crippen LogP contribution in [0.3, 0.4) is 0 Å². The van der Waals surface area contributed by atoms with E-state index in [9.17, 15) is 14.7 Å². The van der Waals surface area contributed by atoms with Crippen molar-refractivity contribution in [2.45, 2.75) is 31.9 Å². The molecule has 170 valence electrons. The summed E-state index contributed by atoms with van der Waals surface area (Å²) in [6.07, 6.45) is 1.13. The second-order valence-electron chi connectivity index (χ2n) is 8.67. The minimum absolute atomic E-state index is 0.0373. The van der Waals surface area contributed by atoms with Crippen LogP contribution in [0.15, 0.2) is 84.9 Å². The summed E-state index contributed by atoms with van der Waals surface area (Å²) < 4.78 is 0. The number of nitrogens with zero attached hydrogens (tertiary/aromatic N) is 1. The van der Waals surface area contributed by atoms with Gasteiger partial charge in [0.1, 0.15) is 6.04 Å². The second-order valence-corrected chi connectivity index (χ2v) is 8.67. The van der Waals surface area contributed by atoms with Gasteiger partial charge in [-0.15, -0.1) is 0 Å². The Kier molecular flexibility index (Phi) is 7.33. The molecule has 2 unspecified atom stereocenters. The maximum absolute atomic E-state index is 13.4. The highest BCUT2D eigenvalue weighted by Gasteiger charge is 2.33. The van der Waals surface area contributed by atoms with Gasteiger partial charge in [0.2, 0.25) is 5.91 Å². The number of nitrogens with one attached hydrogen (secondary N) is 1. The van der Waals surface area contributed by atoms with Gasteiger partial charge >= 0.3 is 0 Å². The summed E-state index contributed by atoms with van der Waals surface area (Å²) in [5.41, 5.74) is 3.06. The fourth-order valence-corrected chi connectivity index (χ4v) is 4.61. The maximum atomic E-state index is 13.4. The summed E-state index contributed by atoms with van der Waals surface area (Å²) in [4.78, 5) is 27.4. The molecule has 0 saturated carbocycles. The molecule has 1 saturated heterocycles. The average Bonchev–Trinajstić information content (AvgIpc) is 2.85. The van der Waals surface area contributed by atoms with Crippen molar-refractivity contribution in [3.05, 3.63) is 102 Å². The van der Waals surface area contributed by atoms with Gasteiger partial charge in [-0.25, -0.2) is 0 Å². The van der Waals surface area contributed by atoms with Crippen molar-refractivity contribution in [1.29, 1.82) is 0 Å². The third-order valence-electron chi connectivity index (χ3n) is 6.43. The van der Waals surface area contributed by atoms with E-state index in [-0.39, 0.29) is 17.6 Å². The number of ketones is 1. The van der Waals surface area contributed by atoms with Crippen LogP contribution in [0, 0.1) is 5.92 Å². The lowest BCUT2D eigenvalue weighted by molar-refractivity contribution is -0.122. The molecule has 2 atom stereocenters. The van der Waals surface area contributed by atoms with Crippen molar-refractivity contribution in [3.63, 3.8) is 0 Å². The van der Waals surface area contributed by atoms with Crippen molar-refractivity contribution < 1.29 is 14.7 Å². The van der Waals surface area contributed by atoms with Gasteiger partial charge in [-0.05, 0) is 62.0 Å². The molecule has 1 heterocycles. The van der Waals surface area contributed by atoms with E-state index in [0.717, 1.165) is 37.1 Å². The largest absolute Gasteiger partial charge is 0.388 e. The van der Waals surface area contributed by atoms with E-state index in [0.29, 0.717) is 11.3 Å². The molecule has 0 bridgehead atoms. The predicted octanol–water partition coefficient (Wildman–Crippen LogP) is 5.01. The highest BCUT2D eigenvalue weighted by molar-refractivity contribution is 5.98. The number of Topliss-reactive ketones (excluding diaryl/α,β-unsaturated/α-hetero) is 1. The van der Waals surface area contributed by atoms with E-state index in [1.165, 1.54) is 6.92 Å². The zero-order valence-corrected chi connectivity index (χ0v) is 18.9. The number of piperidine rings is 1. The van der Waals surface area contributed by atoms with Gasteiger partial charge in [-0.1, -0.05) is 72.8 Å². The molecule has 1 aliphatic heterocycles. The van der Waals surface area contributed by atoms with E-state index in [4.69, 9.17) is 0 Å². The molecule has 5 heteroatoms. The van der Waals surface area contributed by atoms with E-state index < -0.39 is 12.1 Å². The number of rotatable bonds is 7. The summed E-state index contributed by atoms with van der Waals surface area (Å²) in [6, 6.07) is 26.1. The quantitative estimate of drug-likeness (QED) is 0.505. The number of carbonyl (C=O) groups is 2. The molecule has 1 amide bonds. The molecule has 0 aliphatic carbocycles. The monoisotopic (exact) mass is 442 g/mol. The van der Waals surface area contributed by atoms with Gasteiger partial charge in [-0.3, -0.25) is 14.5 Å². The topological polar surface area (TPSA) is 69.6 Å². The van der Waals surface area contributed by atoms with Crippen LogP contribution in [-0.4, -0.2) is 34.8 Å². The lowest BCUT2D eigenvalue weighted by Crippen LogP contribution is -2.43. The molecule has 1 aliphatic rings. The molecule has 3 aromatic carbocycles. The first-order chi connectivity index (χ1) is 16.0. The zero-order valence-electron chi connectivity index (χ0n) is 18.9. The molecule has 0 radical (unpaired) electrons. The Balaban J connectivity index is 1.49. The van der Waals surface area contributed by atoms with E-state index in [2.05, 4.69) is 10.2 Å². The Morgan fingerprint density at radius 2 is 1.48 bits per heavy atom. The van der Waals surface area contributed by atoms with Gasteiger partial charge in [0.25, 0.3) is 0 Å². The van der Waals surface area contributed by atoms with Crippen LogP contribution in [0.5, 0.6) is 0 Å². The van der Waals surface area contributed by atoms with Gasteiger partial charge in [-0.2, -0.15) is 0 Å². The van der Waals surface area contributed by atoms with Crippen LogP contribution in [0.4, 0.5) is 5.69 Å². The standard InChI is InChI=1S/C28H30N2O3/c1-20(31)24-13-8-14-25(19-24)29-28(33)26(21-9-4-2-5-10-21)30-17-15-23(16-18-30)27(32)22-11-6-3-7-12-22/h2-14,19,23,26-27,32H,15-18H2,1H3,(H,29,33). The fraction of sp³-hybridized carbons (Fsp3) is 0.286. The lowest BCUT2D eigenvalue weighted by atomic mass is 9.86. The van der Waals surface area contributed by atoms with Crippen molar-refractivity contribution in [2.75, 3.05) is 18.4 Å². The molecular formula is C28H30N2O3. The molecular weight excluding hydrogens is 412 g/mol. The van der Waals surface area contributed by atoms with Crippen molar-refractivity contribution in [3.8, 4) is 0 Å². The van der Waals surface area contributed by atoms with Crippen LogP contribution in [0.1, 0.15) is 53.4 Å². The van der Waals surface area contributed by atoms with Crippen LogP contribution in [0.2, 0.25) is 0 Å². The Morgan fingerprint density at radius 1 is 0.879 bits per heavy atom. The number of hydrogen-bond donors (Lipinski definition) is 2. The second kappa shape index (κ2) is 10.6. The summed E-state index contributed by atoms with van der Waals surface area (Å²) in [6.45, 7) is 2.95. The summed E-state index contributed by atoms with van der Waals surface area (Å²) in [5.74, 6) is 0.00379. The van der Waals surface area contributed by atoms with Gasteiger partial charge in [0, 0.05) is 11.3 Å². The fourth-order valence-electron chi connectivity index (χ4n) is 4.61. The molecule has 1 fully saturated rings. The number of likely N-dealkylation sites (tertiary alicyclic amines) is 1. The van der Waals surface area contributed by atoms with Crippen LogP contribution in [0.25, 0.3) is 0 Å². The van der Waals surface area contributed by atoms with Crippen LogP contribution >= 0.6 is 0 Å². The maximum Gasteiger partial charge on any atom is 0.246 e. The molecule has 5 nitrogen and oxygen atoms in total. The first-order valence-corrected chi connectivity index (χ1v) is 11.5. The highest BCUT2D eigenvalue weighted by atomic mass is 16.3. The minimum Gasteiger partial charge on any atom is -0.388 e. The number of amides is 1. The Labute approximate surface area is 195 Å². The number of anilines is 1. The molecule has 33 heavy (non-hydrogen) atoms. The lowest BCUT2D eigenvalue weighted by Gasteiger charge is -2.38. The molecule has 0 aromatic heterocycles. The molecule has 0 spiro atoms. The zero-order chi connectivity index (χ0) is 23.2. The average molecular weight is 443 g/mol. The van der Waals surface area contributed by atoms with Crippen LogP contribution < -0.4 is 5.32 Å². The molecule has 3 aromatic rings. The van der Waals surface area contributed by atoms with Crippen molar-refractivity contribution in [1.82, 2.24) is 4.90 Å².